The fraction of sp³-hybridized carbons (Fsp3) is 0.276. The van der Waals surface area contributed by atoms with Crippen LogP contribution in [-0.2, 0) is 4.79 Å². The predicted molar refractivity (Wildman–Crippen MR) is 136 cm³/mol. The first-order valence-corrected chi connectivity index (χ1v) is 12.4. The van der Waals surface area contributed by atoms with Crippen LogP contribution in [0.15, 0.2) is 54.7 Å². The summed E-state index contributed by atoms with van der Waals surface area (Å²) in [6.45, 7) is 0. The lowest BCUT2D eigenvalue weighted by Gasteiger charge is -2.47. The average Bonchev–Trinajstić information content (AvgIpc) is 3.33. The van der Waals surface area contributed by atoms with Crippen LogP contribution in [0.1, 0.15) is 36.9 Å². The third-order valence-electron chi connectivity index (χ3n) is 7.60. The first kappa shape index (κ1) is 23.2. The second-order valence-corrected chi connectivity index (χ2v) is 9.80. The summed E-state index contributed by atoms with van der Waals surface area (Å²) in [6.07, 6.45) is 5.35. The number of hydrogen-bond donors (Lipinski definition) is 3. The minimum atomic E-state index is -0.798. The minimum Gasteiger partial charge on any atom is -0.481 e. The molecular formula is C29H24F2N4O2. The molecule has 8 heteroatoms. The zero-order valence-electron chi connectivity index (χ0n) is 19.8. The number of nitrogens with one attached hydrogen (secondary N) is 2. The van der Waals surface area contributed by atoms with E-state index in [2.05, 4.69) is 32.1 Å². The number of benzene rings is 2. The molecule has 3 fully saturated rings. The first-order chi connectivity index (χ1) is 18.0. The number of nitrogens with zero attached hydrogens (tertiary/aromatic N) is 2. The molecular weight excluding hydrogens is 474 g/mol. The van der Waals surface area contributed by atoms with Crippen LogP contribution < -0.4 is 5.32 Å². The van der Waals surface area contributed by atoms with Gasteiger partial charge in [0.15, 0.2) is 5.82 Å². The Morgan fingerprint density at radius 1 is 1.00 bits per heavy atom. The Balaban J connectivity index is 1.44. The van der Waals surface area contributed by atoms with Crippen molar-refractivity contribution in [3.63, 3.8) is 0 Å². The number of aliphatic carboxylic acids is 1. The molecule has 2 atom stereocenters. The normalized spacial score (nSPS) is 22.4. The maximum atomic E-state index is 14.4. The molecule has 0 unspecified atom stereocenters. The van der Waals surface area contributed by atoms with E-state index in [0.717, 1.165) is 37.3 Å². The highest BCUT2D eigenvalue weighted by atomic mass is 19.1. The standard InChI is InChI=1S/C29H24F2N4O2/c30-19-12-21-22(15-32-27(21)23(31)13-19)28-33-20(11-6-16-4-2-1-3-5-16)14-24(35-28)34-26-18-9-7-17(8-10-18)25(26)29(36)37/h1-5,12-15,17-18,25-26,32H,7-10H2,(H,36,37)(H,33,34,35)/t17?,18?,25-,26-/m1/s1. The molecule has 3 aliphatic carbocycles. The Labute approximate surface area is 212 Å². The number of aromatic nitrogens is 3. The molecule has 0 radical (unpaired) electrons. The number of anilines is 1. The number of carbonyl (C=O) groups is 1. The average molecular weight is 499 g/mol. The van der Waals surface area contributed by atoms with Gasteiger partial charge in [0.25, 0.3) is 0 Å². The van der Waals surface area contributed by atoms with Crippen molar-refractivity contribution in [2.24, 2.45) is 17.8 Å². The quantitative estimate of drug-likeness (QED) is 0.319. The highest BCUT2D eigenvalue weighted by Crippen LogP contribution is 2.46. The van der Waals surface area contributed by atoms with E-state index in [4.69, 9.17) is 0 Å². The maximum Gasteiger partial charge on any atom is 0.308 e. The molecule has 2 aromatic heterocycles. The molecule has 37 heavy (non-hydrogen) atoms. The third-order valence-corrected chi connectivity index (χ3v) is 7.60. The Morgan fingerprint density at radius 2 is 1.76 bits per heavy atom. The van der Waals surface area contributed by atoms with E-state index in [1.165, 1.54) is 6.07 Å². The van der Waals surface area contributed by atoms with Gasteiger partial charge < -0.3 is 15.4 Å². The Bertz CT molecular complexity index is 1550. The highest BCUT2D eigenvalue weighted by molar-refractivity contribution is 5.94. The largest absolute Gasteiger partial charge is 0.481 e. The van der Waals surface area contributed by atoms with Crippen molar-refractivity contribution in [3.8, 4) is 23.2 Å². The number of halogens is 2. The van der Waals surface area contributed by atoms with Crippen molar-refractivity contribution in [2.45, 2.75) is 31.7 Å². The number of rotatable bonds is 4. The van der Waals surface area contributed by atoms with Gasteiger partial charge in [0, 0.05) is 40.9 Å². The van der Waals surface area contributed by atoms with Gasteiger partial charge in [0.2, 0.25) is 0 Å². The van der Waals surface area contributed by atoms with E-state index in [9.17, 15) is 18.7 Å². The van der Waals surface area contributed by atoms with Crippen molar-refractivity contribution in [2.75, 3.05) is 5.32 Å². The smallest absolute Gasteiger partial charge is 0.308 e. The fourth-order valence-electron chi connectivity index (χ4n) is 5.89. The summed E-state index contributed by atoms with van der Waals surface area (Å²) in [5.41, 5.74) is 1.81. The summed E-state index contributed by atoms with van der Waals surface area (Å²) in [4.78, 5) is 24.3. The number of carboxylic acid groups (broad SMARTS) is 1. The van der Waals surface area contributed by atoms with Crippen LogP contribution in [0, 0.1) is 41.2 Å². The molecule has 3 N–H and O–H groups in total. The van der Waals surface area contributed by atoms with Crippen LogP contribution >= 0.6 is 0 Å². The number of fused-ring (bicyclic) bond motifs is 4. The van der Waals surface area contributed by atoms with E-state index >= 15 is 0 Å². The second-order valence-electron chi connectivity index (χ2n) is 9.80. The molecule has 6 nitrogen and oxygen atoms in total. The molecule has 0 spiro atoms. The van der Waals surface area contributed by atoms with Gasteiger partial charge in [0.1, 0.15) is 23.1 Å². The van der Waals surface area contributed by atoms with Gasteiger partial charge in [-0.2, -0.15) is 0 Å². The van der Waals surface area contributed by atoms with Gasteiger partial charge in [0.05, 0.1) is 11.4 Å². The Morgan fingerprint density at radius 3 is 2.51 bits per heavy atom. The number of hydrogen-bond acceptors (Lipinski definition) is 4. The van der Waals surface area contributed by atoms with Gasteiger partial charge in [-0.25, -0.2) is 18.7 Å². The van der Waals surface area contributed by atoms with Gasteiger partial charge in [-0.05, 0) is 61.6 Å². The molecule has 2 heterocycles. The van der Waals surface area contributed by atoms with Gasteiger partial charge in [-0.1, -0.05) is 24.1 Å². The van der Waals surface area contributed by atoms with E-state index in [-0.39, 0.29) is 29.2 Å². The molecule has 3 saturated carbocycles. The Hall–Kier alpha value is -4.25. The molecule has 186 valence electrons. The first-order valence-electron chi connectivity index (χ1n) is 12.4. The van der Waals surface area contributed by atoms with Crippen molar-refractivity contribution in [3.05, 3.63) is 77.6 Å². The van der Waals surface area contributed by atoms with Crippen LogP contribution in [0.5, 0.6) is 0 Å². The van der Waals surface area contributed by atoms with E-state index in [0.29, 0.717) is 22.5 Å². The lowest BCUT2D eigenvalue weighted by molar-refractivity contribution is -0.148. The fourth-order valence-corrected chi connectivity index (χ4v) is 5.89. The van der Waals surface area contributed by atoms with Crippen LogP contribution in [0.2, 0.25) is 0 Å². The maximum absolute atomic E-state index is 14.4. The Kier molecular flexibility index (Phi) is 5.84. The van der Waals surface area contributed by atoms with Crippen LogP contribution in [0.25, 0.3) is 22.3 Å². The molecule has 2 aromatic carbocycles. The zero-order chi connectivity index (χ0) is 25.5. The van der Waals surface area contributed by atoms with Crippen molar-refractivity contribution in [1.29, 1.82) is 0 Å². The molecule has 3 aliphatic rings. The summed E-state index contributed by atoms with van der Waals surface area (Å²) in [5, 5.41) is 13.7. The summed E-state index contributed by atoms with van der Waals surface area (Å²) in [6, 6.07) is 13.0. The van der Waals surface area contributed by atoms with Crippen molar-refractivity contribution < 1.29 is 18.7 Å². The molecule has 0 aliphatic heterocycles. The topological polar surface area (TPSA) is 90.9 Å². The van der Waals surface area contributed by atoms with E-state index < -0.39 is 23.5 Å². The van der Waals surface area contributed by atoms with Crippen LogP contribution in [0.3, 0.4) is 0 Å². The SMILES string of the molecule is O=C(O)[C@@H]1C2CCC(CC2)[C@H]1Nc1cc(C#Cc2ccccc2)nc(-c2c[nH]c3c(F)cc(F)cc23)n1. The van der Waals surface area contributed by atoms with Crippen LogP contribution in [-0.4, -0.2) is 32.1 Å². The molecule has 0 amide bonds. The number of H-pyrrole nitrogens is 1. The van der Waals surface area contributed by atoms with Gasteiger partial charge >= 0.3 is 5.97 Å². The van der Waals surface area contributed by atoms with Crippen molar-refractivity contribution in [1.82, 2.24) is 15.0 Å². The summed E-state index contributed by atoms with van der Waals surface area (Å²) >= 11 is 0. The molecule has 2 bridgehead atoms. The molecule has 7 rings (SSSR count). The monoisotopic (exact) mass is 498 g/mol. The summed E-state index contributed by atoms with van der Waals surface area (Å²) in [7, 11) is 0. The second kappa shape index (κ2) is 9.32. The van der Waals surface area contributed by atoms with E-state index in [1.54, 1.807) is 12.3 Å². The number of aromatic amines is 1. The summed E-state index contributed by atoms with van der Waals surface area (Å²) < 4.78 is 28.4. The van der Waals surface area contributed by atoms with Crippen molar-refractivity contribution >= 4 is 22.7 Å². The van der Waals surface area contributed by atoms with E-state index in [1.807, 2.05) is 30.3 Å². The predicted octanol–water partition coefficient (Wildman–Crippen LogP) is 5.60. The molecule has 0 saturated heterocycles. The van der Waals surface area contributed by atoms with Crippen LogP contribution in [0.4, 0.5) is 14.6 Å². The lowest BCUT2D eigenvalue weighted by atomic mass is 9.61. The lowest BCUT2D eigenvalue weighted by Crippen LogP contribution is -2.51. The van der Waals surface area contributed by atoms with Gasteiger partial charge in [-0.3, -0.25) is 4.79 Å². The van der Waals surface area contributed by atoms with Gasteiger partial charge in [-0.15, -0.1) is 0 Å². The zero-order valence-corrected chi connectivity index (χ0v) is 19.8. The molecule has 4 aromatic rings. The summed E-state index contributed by atoms with van der Waals surface area (Å²) in [5.74, 6) is 4.50. The minimum absolute atomic E-state index is 0.137. The third kappa shape index (κ3) is 4.42. The highest BCUT2D eigenvalue weighted by Gasteiger charge is 2.47. The number of carboxylic acids is 1.